The molecule has 4 aromatic rings. The molecule has 0 saturated heterocycles. The first-order chi connectivity index (χ1) is 17.1. The maximum absolute atomic E-state index is 13.0. The number of carbonyl (C=O) groups is 1. The first-order valence-electron chi connectivity index (χ1n) is 11.0. The fourth-order valence-corrected chi connectivity index (χ4v) is 4.09. The van der Waals surface area contributed by atoms with Crippen molar-refractivity contribution in [2.45, 2.75) is 6.42 Å². The van der Waals surface area contributed by atoms with Gasteiger partial charge in [0.15, 0.2) is 11.5 Å². The lowest BCUT2D eigenvalue weighted by Crippen LogP contribution is -2.36. The largest absolute Gasteiger partial charge is 0.495 e. The molecule has 2 heterocycles. The Morgan fingerprint density at radius 2 is 1.97 bits per heavy atom. The van der Waals surface area contributed by atoms with Gasteiger partial charge in [0.05, 0.1) is 12.1 Å². The Morgan fingerprint density at radius 1 is 1.11 bits per heavy atom. The minimum Gasteiger partial charge on any atom is -0.495 e. The van der Waals surface area contributed by atoms with Gasteiger partial charge in [0.2, 0.25) is 12.8 Å². The van der Waals surface area contributed by atoms with Crippen molar-refractivity contribution in [1.82, 2.24) is 10.3 Å². The average Bonchev–Trinajstić information content (AvgIpc) is 3.51. The van der Waals surface area contributed by atoms with Gasteiger partial charge in [0.1, 0.15) is 5.75 Å². The average molecular weight is 491 g/mol. The molecule has 3 aromatic carbocycles. The van der Waals surface area contributed by atoms with E-state index in [2.05, 4.69) is 26.7 Å². The van der Waals surface area contributed by atoms with E-state index in [1.54, 1.807) is 43.5 Å². The summed E-state index contributed by atoms with van der Waals surface area (Å²) in [7, 11) is 1.55. The summed E-state index contributed by atoms with van der Waals surface area (Å²) >= 11 is 6.27. The predicted octanol–water partition coefficient (Wildman–Crippen LogP) is 5.00. The number of aliphatic imine (C=N–C) groups is 1. The molecule has 0 fully saturated rings. The summed E-state index contributed by atoms with van der Waals surface area (Å²) in [6.45, 7) is 0.593. The van der Waals surface area contributed by atoms with Gasteiger partial charge in [-0.1, -0.05) is 29.8 Å². The molecule has 1 aliphatic heterocycles. The molecule has 3 N–H and O–H groups in total. The number of methoxy groups -OCH3 is 1. The zero-order chi connectivity index (χ0) is 24.2. The highest BCUT2D eigenvalue weighted by molar-refractivity contribution is 6.32. The van der Waals surface area contributed by atoms with E-state index in [9.17, 15) is 4.79 Å². The number of para-hydroxylation sites is 1. The standard InChI is InChI=1S/C26H23ClN4O4/c1-33-22-9-7-18(13-20(22)27)30-26(28-11-10-17-14-29-21-5-3-2-4-19(17)21)31-25(32)16-6-8-23-24(12-16)35-15-34-23/h2-9,12-14,29H,10-11,15H2,1H3,(H2,28,30,31,32). The molecule has 0 atom stereocenters. The Hall–Kier alpha value is -4.17. The van der Waals surface area contributed by atoms with Crippen LogP contribution in [-0.2, 0) is 6.42 Å². The number of aromatic amines is 1. The summed E-state index contributed by atoms with van der Waals surface area (Å²) in [6, 6.07) is 18.4. The Balaban J connectivity index is 1.35. The van der Waals surface area contributed by atoms with Crippen LogP contribution in [0.15, 0.2) is 71.9 Å². The fraction of sp³-hybridized carbons (Fsp3) is 0.154. The van der Waals surface area contributed by atoms with E-state index >= 15 is 0 Å². The molecule has 8 nitrogen and oxygen atoms in total. The first-order valence-corrected chi connectivity index (χ1v) is 11.4. The topological polar surface area (TPSA) is 97.0 Å². The number of H-pyrrole nitrogens is 1. The second-order valence-corrected chi connectivity index (χ2v) is 8.24. The lowest BCUT2D eigenvalue weighted by atomic mass is 10.1. The predicted molar refractivity (Wildman–Crippen MR) is 136 cm³/mol. The number of carbonyl (C=O) groups excluding carboxylic acids is 1. The number of amides is 1. The Kier molecular flexibility index (Phi) is 6.45. The SMILES string of the molecule is COc1ccc(NC(=NCCc2c[nH]c3ccccc23)NC(=O)c2ccc3c(c2)OCO3)cc1Cl. The number of hydrogen-bond acceptors (Lipinski definition) is 5. The van der Waals surface area contributed by atoms with Crippen molar-refractivity contribution in [3.05, 3.63) is 83.0 Å². The van der Waals surface area contributed by atoms with Crippen LogP contribution in [0, 0.1) is 0 Å². The summed E-state index contributed by atoms with van der Waals surface area (Å²) in [4.78, 5) is 20.9. The van der Waals surface area contributed by atoms with Gasteiger partial charge >= 0.3 is 0 Å². The number of fused-ring (bicyclic) bond motifs is 2. The number of nitrogens with one attached hydrogen (secondary N) is 3. The van der Waals surface area contributed by atoms with Crippen molar-refractivity contribution in [2.75, 3.05) is 25.8 Å². The van der Waals surface area contributed by atoms with E-state index in [1.165, 1.54) is 0 Å². The van der Waals surface area contributed by atoms with E-state index in [-0.39, 0.29) is 12.7 Å². The van der Waals surface area contributed by atoms with Gasteiger partial charge in [-0.2, -0.15) is 0 Å². The first kappa shape index (κ1) is 22.6. The molecular weight excluding hydrogens is 468 g/mol. The number of hydrogen-bond donors (Lipinski definition) is 3. The molecule has 0 saturated carbocycles. The molecule has 9 heteroatoms. The number of nitrogens with zero attached hydrogens (tertiary/aromatic N) is 1. The molecule has 5 rings (SSSR count). The summed E-state index contributed by atoms with van der Waals surface area (Å²) in [6.07, 6.45) is 2.68. The highest BCUT2D eigenvalue weighted by Crippen LogP contribution is 2.32. The van der Waals surface area contributed by atoms with Crippen molar-refractivity contribution in [1.29, 1.82) is 0 Å². The van der Waals surface area contributed by atoms with Gasteiger partial charge < -0.3 is 24.5 Å². The third-order valence-electron chi connectivity index (χ3n) is 5.61. The zero-order valence-electron chi connectivity index (χ0n) is 18.9. The maximum atomic E-state index is 13.0. The minimum atomic E-state index is -0.332. The minimum absolute atomic E-state index is 0.140. The molecule has 1 aliphatic rings. The Labute approximate surface area is 206 Å². The van der Waals surface area contributed by atoms with Crippen molar-refractivity contribution in [3.8, 4) is 17.2 Å². The zero-order valence-corrected chi connectivity index (χ0v) is 19.7. The lowest BCUT2D eigenvalue weighted by molar-refractivity contribution is 0.0976. The summed E-state index contributed by atoms with van der Waals surface area (Å²) < 4.78 is 15.9. The number of halogens is 1. The van der Waals surface area contributed by atoms with Crippen molar-refractivity contribution in [3.63, 3.8) is 0 Å². The van der Waals surface area contributed by atoms with Crippen LogP contribution in [0.5, 0.6) is 17.2 Å². The molecule has 1 aromatic heterocycles. The van der Waals surface area contributed by atoms with Gasteiger partial charge in [0.25, 0.3) is 5.91 Å². The van der Waals surface area contributed by atoms with E-state index in [0.29, 0.717) is 52.4 Å². The van der Waals surface area contributed by atoms with Gasteiger partial charge in [-0.15, -0.1) is 0 Å². The number of ether oxygens (including phenoxy) is 3. The summed E-state index contributed by atoms with van der Waals surface area (Å²) in [5.74, 6) is 1.67. The number of benzene rings is 3. The third kappa shape index (κ3) is 5.02. The molecule has 0 spiro atoms. The highest BCUT2D eigenvalue weighted by atomic mass is 35.5. The van der Waals surface area contributed by atoms with Gasteiger partial charge in [-0.25, -0.2) is 0 Å². The van der Waals surface area contributed by atoms with E-state index in [4.69, 9.17) is 25.8 Å². The third-order valence-corrected chi connectivity index (χ3v) is 5.90. The normalized spacial score (nSPS) is 12.6. The van der Waals surface area contributed by atoms with Crippen LogP contribution >= 0.6 is 11.6 Å². The van der Waals surface area contributed by atoms with Gasteiger partial charge in [0, 0.05) is 34.9 Å². The Morgan fingerprint density at radius 3 is 2.83 bits per heavy atom. The fourth-order valence-electron chi connectivity index (χ4n) is 3.84. The number of anilines is 1. The molecular formula is C26H23ClN4O4. The smallest absolute Gasteiger partial charge is 0.258 e. The molecule has 0 radical (unpaired) electrons. The van der Waals surface area contributed by atoms with Crippen LogP contribution in [0.4, 0.5) is 5.69 Å². The second-order valence-electron chi connectivity index (χ2n) is 7.84. The molecule has 0 bridgehead atoms. The second kappa shape index (κ2) is 9.99. The van der Waals surface area contributed by atoms with E-state index < -0.39 is 0 Å². The van der Waals surface area contributed by atoms with Crippen molar-refractivity contribution < 1.29 is 19.0 Å². The number of guanidine groups is 1. The monoisotopic (exact) mass is 490 g/mol. The maximum Gasteiger partial charge on any atom is 0.258 e. The van der Waals surface area contributed by atoms with Crippen LogP contribution in [-0.4, -0.2) is 37.3 Å². The highest BCUT2D eigenvalue weighted by Gasteiger charge is 2.17. The van der Waals surface area contributed by atoms with Crippen molar-refractivity contribution >= 4 is 40.1 Å². The molecule has 0 unspecified atom stereocenters. The quantitative estimate of drug-likeness (QED) is 0.261. The molecule has 1 amide bonds. The Bertz CT molecular complexity index is 1420. The van der Waals surface area contributed by atoms with Crippen LogP contribution in [0.3, 0.4) is 0 Å². The summed E-state index contributed by atoms with van der Waals surface area (Å²) in [5, 5.41) is 7.61. The van der Waals surface area contributed by atoms with Crippen LogP contribution in [0.2, 0.25) is 5.02 Å². The van der Waals surface area contributed by atoms with Crippen LogP contribution in [0.25, 0.3) is 10.9 Å². The molecule has 35 heavy (non-hydrogen) atoms. The lowest BCUT2D eigenvalue weighted by Gasteiger charge is -2.13. The van der Waals surface area contributed by atoms with Gasteiger partial charge in [-0.3, -0.25) is 15.1 Å². The number of aromatic nitrogens is 1. The summed E-state index contributed by atoms with van der Waals surface area (Å²) in [5.41, 5.74) is 3.31. The van der Waals surface area contributed by atoms with Crippen molar-refractivity contribution in [2.24, 2.45) is 4.99 Å². The van der Waals surface area contributed by atoms with E-state index in [1.807, 2.05) is 24.4 Å². The van der Waals surface area contributed by atoms with E-state index in [0.717, 1.165) is 16.5 Å². The van der Waals surface area contributed by atoms with Crippen LogP contribution < -0.4 is 24.8 Å². The molecule has 0 aliphatic carbocycles. The number of rotatable bonds is 6. The molecule has 178 valence electrons. The van der Waals surface area contributed by atoms with Gasteiger partial charge in [-0.05, 0) is 54.4 Å². The van der Waals surface area contributed by atoms with Crippen LogP contribution in [0.1, 0.15) is 15.9 Å².